The van der Waals surface area contributed by atoms with Gasteiger partial charge in [0.1, 0.15) is 0 Å². The molecule has 0 saturated heterocycles. The Labute approximate surface area is 99.6 Å². The van der Waals surface area contributed by atoms with Gasteiger partial charge in [0.2, 0.25) is 0 Å². The van der Waals surface area contributed by atoms with Gasteiger partial charge in [0.25, 0.3) is 0 Å². The molecule has 2 aromatic rings. The van der Waals surface area contributed by atoms with Crippen LogP contribution in [0.3, 0.4) is 0 Å². The molecule has 1 aromatic heterocycles. The summed E-state index contributed by atoms with van der Waals surface area (Å²) in [5, 5.41) is 0. The van der Waals surface area contributed by atoms with Crippen LogP contribution < -0.4 is 5.73 Å². The van der Waals surface area contributed by atoms with Gasteiger partial charge in [-0.2, -0.15) is 0 Å². The second-order valence-corrected chi connectivity index (χ2v) is 3.57. The number of anilines is 1. The van der Waals surface area contributed by atoms with Gasteiger partial charge in [-0.25, -0.2) is 0 Å². The Morgan fingerprint density at radius 2 is 1.88 bits per heavy atom. The third-order valence-electron chi connectivity index (χ3n) is 2.29. The van der Waals surface area contributed by atoms with Gasteiger partial charge in [-0.05, 0) is 48.6 Å². The molecule has 0 atom stereocenters. The average Bonchev–Trinajstić information content (AvgIpc) is 2.38. The van der Waals surface area contributed by atoms with Crippen molar-refractivity contribution >= 4 is 17.5 Å². The van der Waals surface area contributed by atoms with E-state index in [4.69, 9.17) is 5.73 Å². The van der Waals surface area contributed by atoms with Crippen LogP contribution in [0.5, 0.6) is 0 Å². The van der Waals surface area contributed by atoms with Gasteiger partial charge < -0.3 is 5.73 Å². The van der Waals surface area contributed by atoms with Crippen molar-refractivity contribution in [1.82, 2.24) is 4.98 Å². The highest BCUT2D eigenvalue weighted by Gasteiger charge is 2.00. The molecule has 84 valence electrons. The highest BCUT2D eigenvalue weighted by Crippen LogP contribution is 2.07. The monoisotopic (exact) mass is 224 g/mol. The van der Waals surface area contributed by atoms with Crippen LogP contribution in [0.2, 0.25) is 0 Å². The molecule has 0 spiro atoms. The number of pyridine rings is 1. The van der Waals surface area contributed by atoms with Gasteiger partial charge in [0.15, 0.2) is 5.78 Å². The van der Waals surface area contributed by atoms with Crippen molar-refractivity contribution in [3.05, 3.63) is 66.0 Å². The Balaban J connectivity index is 2.12. The minimum atomic E-state index is -0.0596. The Bertz CT molecular complexity index is 530. The Kier molecular flexibility index (Phi) is 3.31. The molecule has 0 aliphatic rings. The summed E-state index contributed by atoms with van der Waals surface area (Å²) >= 11 is 0. The van der Waals surface area contributed by atoms with Crippen LogP contribution in [-0.4, -0.2) is 10.8 Å². The van der Waals surface area contributed by atoms with E-state index < -0.39 is 0 Å². The van der Waals surface area contributed by atoms with E-state index in [1.807, 2.05) is 18.2 Å². The third-order valence-corrected chi connectivity index (χ3v) is 2.29. The van der Waals surface area contributed by atoms with E-state index >= 15 is 0 Å². The fraction of sp³-hybridized carbons (Fsp3) is 0. The van der Waals surface area contributed by atoms with Crippen LogP contribution in [0, 0.1) is 0 Å². The molecule has 1 aromatic carbocycles. The first-order valence-electron chi connectivity index (χ1n) is 5.25. The highest BCUT2D eigenvalue weighted by atomic mass is 16.1. The molecule has 0 aliphatic carbocycles. The molecule has 0 unspecified atom stereocenters. The standard InChI is InChI=1S/C14H12N2O/c15-12-6-4-11(5-7-12)14(17)9-8-13-3-1-2-10-16-13/h1-10H,15H2/b9-8+. The smallest absolute Gasteiger partial charge is 0.185 e. The number of nitrogen functional groups attached to an aromatic ring is 1. The van der Waals surface area contributed by atoms with Crippen LogP contribution in [0.15, 0.2) is 54.7 Å². The van der Waals surface area contributed by atoms with E-state index in [0.29, 0.717) is 11.3 Å². The van der Waals surface area contributed by atoms with Crippen molar-refractivity contribution in [3.8, 4) is 0 Å². The number of allylic oxidation sites excluding steroid dienone is 1. The summed E-state index contributed by atoms with van der Waals surface area (Å²) < 4.78 is 0. The maximum atomic E-state index is 11.8. The number of benzene rings is 1. The van der Waals surface area contributed by atoms with Crippen LogP contribution in [-0.2, 0) is 0 Å². The van der Waals surface area contributed by atoms with E-state index in [0.717, 1.165) is 5.69 Å². The van der Waals surface area contributed by atoms with Crippen molar-refractivity contribution in [2.75, 3.05) is 5.73 Å². The quantitative estimate of drug-likeness (QED) is 0.495. The molecule has 1 heterocycles. The predicted octanol–water partition coefficient (Wildman–Crippen LogP) is 2.56. The maximum Gasteiger partial charge on any atom is 0.185 e. The Morgan fingerprint density at radius 3 is 2.53 bits per heavy atom. The van der Waals surface area contributed by atoms with Gasteiger partial charge >= 0.3 is 0 Å². The number of carbonyl (C=O) groups excluding carboxylic acids is 1. The van der Waals surface area contributed by atoms with Crippen LogP contribution in [0.25, 0.3) is 6.08 Å². The van der Waals surface area contributed by atoms with E-state index in [9.17, 15) is 4.79 Å². The lowest BCUT2D eigenvalue weighted by molar-refractivity contribution is 0.104. The fourth-order valence-electron chi connectivity index (χ4n) is 1.38. The molecule has 3 heteroatoms. The fourth-order valence-corrected chi connectivity index (χ4v) is 1.38. The second-order valence-electron chi connectivity index (χ2n) is 3.57. The minimum Gasteiger partial charge on any atom is -0.399 e. The number of nitrogens with two attached hydrogens (primary N) is 1. The molecule has 0 fully saturated rings. The maximum absolute atomic E-state index is 11.8. The van der Waals surface area contributed by atoms with Crippen LogP contribution in [0.4, 0.5) is 5.69 Å². The lowest BCUT2D eigenvalue weighted by Crippen LogP contribution is -1.94. The average molecular weight is 224 g/mol. The molecule has 0 aliphatic heterocycles. The molecule has 2 N–H and O–H groups in total. The molecule has 0 bridgehead atoms. The largest absolute Gasteiger partial charge is 0.399 e. The lowest BCUT2D eigenvalue weighted by atomic mass is 10.1. The second kappa shape index (κ2) is 5.07. The first kappa shape index (κ1) is 11.1. The van der Waals surface area contributed by atoms with E-state index in [1.165, 1.54) is 6.08 Å². The molecular formula is C14H12N2O. The minimum absolute atomic E-state index is 0.0596. The summed E-state index contributed by atoms with van der Waals surface area (Å²) in [6, 6.07) is 12.4. The summed E-state index contributed by atoms with van der Waals surface area (Å²) in [5.41, 5.74) is 7.58. The predicted molar refractivity (Wildman–Crippen MR) is 68.5 cm³/mol. The Morgan fingerprint density at radius 1 is 1.12 bits per heavy atom. The zero-order chi connectivity index (χ0) is 12.1. The Hall–Kier alpha value is -2.42. The number of hydrogen-bond acceptors (Lipinski definition) is 3. The summed E-state index contributed by atoms with van der Waals surface area (Å²) in [4.78, 5) is 15.9. The number of hydrogen-bond donors (Lipinski definition) is 1. The molecule has 0 saturated carbocycles. The highest BCUT2D eigenvalue weighted by molar-refractivity contribution is 6.06. The molecule has 0 radical (unpaired) electrons. The van der Waals surface area contributed by atoms with Crippen molar-refractivity contribution < 1.29 is 4.79 Å². The summed E-state index contributed by atoms with van der Waals surface area (Å²) in [6.45, 7) is 0. The van der Waals surface area contributed by atoms with Crippen LogP contribution >= 0.6 is 0 Å². The normalized spacial score (nSPS) is 10.6. The van der Waals surface area contributed by atoms with E-state index in [-0.39, 0.29) is 5.78 Å². The zero-order valence-corrected chi connectivity index (χ0v) is 9.21. The van der Waals surface area contributed by atoms with E-state index in [2.05, 4.69) is 4.98 Å². The topological polar surface area (TPSA) is 56.0 Å². The molecule has 0 amide bonds. The summed E-state index contributed by atoms with van der Waals surface area (Å²) in [7, 11) is 0. The third kappa shape index (κ3) is 3.01. The SMILES string of the molecule is Nc1ccc(C(=O)/C=C/c2ccccn2)cc1. The molecular weight excluding hydrogens is 212 g/mol. The number of rotatable bonds is 3. The number of carbonyl (C=O) groups is 1. The van der Waals surface area contributed by atoms with Crippen molar-refractivity contribution in [1.29, 1.82) is 0 Å². The van der Waals surface area contributed by atoms with Gasteiger partial charge in [-0.3, -0.25) is 9.78 Å². The molecule has 17 heavy (non-hydrogen) atoms. The first-order chi connectivity index (χ1) is 8.25. The number of nitrogens with zero attached hydrogens (tertiary/aromatic N) is 1. The summed E-state index contributed by atoms with van der Waals surface area (Å²) in [5.74, 6) is -0.0596. The van der Waals surface area contributed by atoms with Gasteiger partial charge in [-0.15, -0.1) is 0 Å². The zero-order valence-electron chi connectivity index (χ0n) is 9.21. The molecule has 2 rings (SSSR count). The first-order valence-corrected chi connectivity index (χ1v) is 5.25. The van der Waals surface area contributed by atoms with Gasteiger partial charge in [-0.1, -0.05) is 6.07 Å². The van der Waals surface area contributed by atoms with E-state index in [1.54, 1.807) is 36.5 Å². The lowest BCUT2D eigenvalue weighted by Gasteiger charge is -1.96. The van der Waals surface area contributed by atoms with Crippen molar-refractivity contribution in [2.24, 2.45) is 0 Å². The van der Waals surface area contributed by atoms with Crippen molar-refractivity contribution in [3.63, 3.8) is 0 Å². The van der Waals surface area contributed by atoms with Crippen molar-refractivity contribution in [2.45, 2.75) is 0 Å². The van der Waals surface area contributed by atoms with Gasteiger partial charge in [0, 0.05) is 17.4 Å². The van der Waals surface area contributed by atoms with Crippen LogP contribution in [0.1, 0.15) is 16.1 Å². The number of aromatic nitrogens is 1. The molecule has 3 nitrogen and oxygen atoms in total. The van der Waals surface area contributed by atoms with Gasteiger partial charge in [0.05, 0.1) is 5.69 Å². The number of ketones is 1. The summed E-state index contributed by atoms with van der Waals surface area (Å²) in [6.07, 6.45) is 4.89.